The number of nitrogens with zero attached hydrogens (tertiary/aromatic N) is 1. The minimum atomic E-state index is -0.911. The molecule has 0 spiro atoms. The molecule has 0 aromatic heterocycles. The van der Waals surface area contributed by atoms with Crippen molar-refractivity contribution in [2.45, 2.75) is 18.3 Å². The Morgan fingerprint density at radius 2 is 1.40 bits per heavy atom. The first-order valence-corrected chi connectivity index (χ1v) is 10.8. The fourth-order valence-electron chi connectivity index (χ4n) is 5.27. The first-order valence-electron chi connectivity index (χ1n) is 10.8. The van der Waals surface area contributed by atoms with Crippen molar-refractivity contribution >= 4 is 5.90 Å². The van der Waals surface area contributed by atoms with E-state index >= 15 is 0 Å². The molecule has 1 aliphatic rings. The summed E-state index contributed by atoms with van der Waals surface area (Å²) < 4.78 is 0.939. The second-order valence-electron chi connectivity index (χ2n) is 8.84. The molecule has 1 N–H and O–H groups in total. The zero-order valence-electron chi connectivity index (χ0n) is 17.6. The standard InChI is InChI=1S/C27H30N2O/c1-29(19-17-22-11-5-2-6-12-22)20-18-25(21-29)27(26(28)30,23-13-7-3-8-14-23)24-15-9-4-10-16-24/h2-16,25H,17-21H2,1H3,(H-,28,30). The average molecular weight is 399 g/mol. The molecule has 2 unspecified atom stereocenters. The lowest BCUT2D eigenvalue weighted by molar-refractivity contribution is -0.899. The number of hydrogen-bond donors (Lipinski definition) is 1. The largest absolute Gasteiger partial charge is 0.861 e. The summed E-state index contributed by atoms with van der Waals surface area (Å²) in [6, 6.07) is 30.6. The number of likely N-dealkylation sites (N-methyl/N-ethyl adjacent to an activating group) is 1. The van der Waals surface area contributed by atoms with Gasteiger partial charge in [0.1, 0.15) is 0 Å². The summed E-state index contributed by atoms with van der Waals surface area (Å²) in [6.45, 7) is 2.99. The third-order valence-corrected chi connectivity index (χ3v) is 6.89. The first-order chi connectivity index (χ1) is 14.5. The molecule has 4 rings (SSSR count). The van der Waals surface area contributed by atoms with Crippen LogP contribution in [0.2, 0.25) is 0 Å². The molecule has 3 heteroatoms. The van der Waals surface area contributed by atoms with Gasteiger partial charge >= 0.3 is 0 Å². The summed E-state index contributed by atoms with van der Waals surface area (Å²) >= 11 is 0. The van der Waals surface area contributed by atoms with Crippen LogP contribution in [0.5, 0.6) is 0 Å². The molecule has 1 saturated heterocycles. The predicted octanol–water partition coefficient (Wildman–Crippen LogP) is 4.02. The molecule has 1 aliphatic heterocycles. The fraction of sp³-hybridized carbons (Fsp3) is 0.296. The molecule has 0 radical (unpaired) electrons. The number of likely N-dealkylation sites (tertiary alicyclic amines) is 1. The maximum absolute atomic E-state index is 13.1. The molecule has 1 fully saturated rings. The molecule has 0 amide bonds. The Bertz CT molecular complexity index is 932. The molecule has 2 atom stereocenters. The molecule has 3 aromatic carbocycles. The van der Waals surface area contributed by atoms with E-state index in [1.165, 1.54) is 5.56 Å². The van der Waals surface area contributed by atoms with Crippen molar-refractivity contribution in [3.63, 3.8) is 0 Å². The number of nitrogens with one attached hydrogen (secondary N) is 1. The van der Waals surface area contributed by atoms with Gasteiger partial charge in [-0.1, -0.05) is 91.0 Å². The van der Waals surface area contributed by atoms with Gasteiger partial charge in [-0.2, -0.15) is 0 Å². The van der Waals surface area contributed by atoms with Gasteiger partial charge in [-0.15, -0.1) is 0 Å². The van der Waals surface area contributed by atoms with Crippen LogP contribution in [0.1, 0.15) is 23.1 Å². The third kappa shape index (κ3) is 3.78. The van der Waals surface area contributed by atoms with Gasteiger partial charge in [0.15, 0.2) is 0 Å². The third-order valence-electron chi connectivity index (χ3n) is 6.89. The molecule has 3 aromatic rings. The monoisotopic (exact) mass is 398 g/mol. The highest BCUT2D eigenvalue weighted by Crippen LogP contribution is 2.45. The van der Waals surface area contributed by atoms with E-state index in [-0.39, 0.29) is 5.92 Å². The minimum Gasteiger partial charge on any atom is -0.861 e. The lowest BCUT2D eigenvalue weighted by Gasteiger charge is -2.43. The van der Waals surface area contributed by atoms with Gasteiger partial charge in [-0.05, 0) is 22.6 Å². The molecule has 0 saturated carbocycles. The van der Waals surface area contributed by atoms with Crippen molar-refractivity contribution in [3.8, 4) is 0 Å². The summed E-state index contributed by atoms with van der Waals surface area (Å²) in [4.78, 5) is 0. The number of hydrogen-bond acceptors (Lipinski definition) is 2. The normalized spacial score (nSPS) is 21.4. The summed E-state index contributed by atoms with van der Waals surface area (Å²) in [7, 11) is 2.30. The van der Waals surface area contributed by atoms with Crippen molar-refractivity contribution in [3.05, 3.63) is 108 Å². The van der Waals surface area contributed by atoms with Crippen LogP contribution in [-0.4, -0.2) is 37.1 Å². The number of rotatable bonds is 7. The molecule has 3 nitrogen and oxygen atoms in total. The van der Waals surface area contributed by atoms with Gasteiger partial charge in [-0.25, -0.2) is 0 Å². The lowest BCUT2D eigenvalue weighted by atomic mass is 9.65. The zero-order chi connectivity index (χ0) is 21.0. The molecule has 0 aliphatic carbocycles. The van der Waals surface area contributed by atoms with E-state index in [1.54, 1.807) is 0 Å². The molecular weight excluding hydrogens is 368 g/mol. The van der Waals surface area contributed by atoms with Crippen molar-refractivity contribution in [2.24, 2.45) is 5.92 Å². The molecule has 154 valence electrons. The first kappa shape index (κ1) is 20.4. The predicted molar refractivity (Wildman–Crippen MR) is 120 cm³/mol. The van der Waals surface area contributed by atoms with Gasteiger partial charge in [0.25, 0.3) is 0 Å². The van der Waals surface area contributed by atoms with Gasteiger partial charge in [0.2, 0.25) is 0 Å². The van der Waals surface area contributed by atoms with E-state index in [4.69, 9.17) is 5.41 Å². The van der Waals surface area contributed by atoms with Crippen molar-refractivity contribution in [1.29, 1.82) is 5.41 Å². The Kier molecular flexibility index (Phi) is 5.74. The van der Waals surface area contributed by atoms with Crippen LogP contribution in [0.25, 0.3) is 0 Å². The molecule has 30 heavy (non-hydrogen) atoms. The van der Waals surface area contributed by atoms with Gasteiger partial charge in [0.05, 0.1) is 32.1 Å². The fourth-order valence-corrected chi connectivity index (χ4v) is 5.27. The summed E-state index contributed by atoms with van der Waals surface area (Å²) in [5, 5.41) is 21.5. The maximum Gasteiger partial charge on any atom is 0.0830 e. The van der Waals surface area contributed by atoms with Crippen LogP contribution < -0.4 is 5.11 Å². The van der Waals surface area contributed by atoms with Gasteiger partial charge in [-0.3, -0.25) is 0 Å². The van der Waals surface area contributed by atoms with Gasteiger partial charge in [0, 0.05) is 18.8 Å². The Morgan fingerprint density at radius 1 is 0.900 bits per heavy atom. The number of quaternary nitrogens is 1. The lowest BCUT2D eigenvalue weighted by Crippen LogP contribution is -2.52. The van der Waals surface area contributed by atoms with Crippen LogP contribution in [0, 0.1) is 11.3 Å². The smallest absolute Gasteiger partial charge is 0.0830 e. The van der Waals surface area contributed by atoms with Crippen molar-refractivity contribution in [1.82, 2.24) is 0 Å². The highest BCUT2D eigenvalue weighted by molar-refractivity contribution is 5.87. The van der Waals surface area contributed by atoms with E-state index in [2.05, 4.69) is 37.4 Å². The molecule has 1 heterocycles. The highest BCUT2D eigenvalue weighted by Gasteiger charge is 2.49. The van der Waals surface area contributed by atoms with E-state index in [0.29, 0.717) is 0 Å². The molecule has 0 bridgehead atoms. The summed E-state index contributed by atoms with van der Waals surface area (Å²) in [5.74, 6) is -0.394. The zero-order valence-corrected chi connectivity index (χ0v) is 17.6. The van der Waals surface area contributed by atoms with Crippen LogP contribution in [0.3, 0.4) is 0 Å². The second kappa shape index (κ2) is 8.45. The van der Waals surface area contributed by atoms with Crippen LogP contribution in [0.15, 0.2) is 91.0 Å². The summed E-state index contributed by atoms with van der Waals surface area (Å²) in [6.07, 6.45) is 1.97. The Labute approximate surface area is 179 Å². The topological polar surface area (TPSA) is 46.9 Å². The second-order valence-corrected chi connectivity index (χ2v) is 8.84. The van der Waals surface area contributed by atoms with E-state index in [0.717, 1.165) is 48.1 Å². The maximum atomic E-state index is 13.1. The minimum absolute atomic E-state index is 0.105. The Morgan fingerprint density at radius 3 is 1.90 bits per heavy atom. The van der Waals surface area contributed by atoms with E-state index < -0.39 is 11.3 Å². The van der Waals surface area contributed by atoms with Crippen LogP contribution >= 0.6 is 0 Å². The summed E-state index contributed by atoms with van der Waals surface area (Å²) in [5.41, 5.74) is 2.33. The Hall–Kier alpha value is -2.91. The van der Waals surface area contributed by atoms with E-state index in [9.17, 15) is 5.11 Å². The van der Waals surface area contributed by atoms with Gasteiger partial charge < -0.3 is 15.0 Å². The Balaban J connectivity index is 1.68. The van der Waals surface area contributed by atoms with Crippen LogP contribution in [-0.2, 0) is 11.8 Å². The SMILES string of the molecule is C[N+]1(CCc2ccccc2)CCC(C(C(=N)[O-])(c2ccccc2)c2ccccc2)C1. The van der Waals surface area contributed by atoms with Crippen molar-refractivity contribution < 1.29 is 9.59 Å². The average Bonchev–Trinajstić information content (AvgIpc) is 3.17. The van der Waals surface area contributed by atoms with E-state index in [1.807, 2.05) is 60.7 Å². The highest BCUT2D eigenvalue weighted by atomic mass is 16.3. The molecular formula is C27H30N2O. The quantitative estimate of drug-likeness (QED) is 0.365. The van der Waals surface area contributed by atoms with Crippen molar-refractivity contribution in [2.75, 3.05) is 26.7 Å². The number of benzene rings is 3. The van der Waals surface area contributed by atoms with Crippen LogP contribution in [0.4, 0.5) is 0 Å².